The zero-order chi connectivity index (χ0) is 22.2. The summed E-state index contributed by atoms with van der Waals surface area (Å²) in [5.74, 6) is 1.88. The van der Waals surface area contributed by atoms with Gasteiger partial charge in [-0.05, 0) is 0 Å². The van der Waals surface area contributed by atoms with Crippen LogP contribution in [0.15, 0.2) is 48.8 Å². The summed E-state index contributed by atoms with van der Waals surface area (Å²) in [4.78, 5) is 0. The minimum absolute atomic E-state index is 0.469. The number of rotatable bonds is 6. The fraction of sp³-hybridized carbons (Fsp3) is 0.444. The Balaban J connectivity index is 2.33. The van der Waals surface area contributed by atoms with Crippen LogP contribution in [0.3, 0.4) is 0 Å². The van der Waals surface area contributed by atoms with Gasteiger partial charge in [0.25, 0.3) is 0 Å². The van der Waals surface area contributed by atoms with Crippen molar-refractivity contribution in [3.63, 3.8) is 0 Å². The third kappa shape index (κ3) is 4.23. The van der Waals surface area contributed by atoms with Gasteiger partial charge in [-0.15, -0.1) is 0 Å². The molecule has 2 nitrogen and oxygen atoms in total. The Kier molecular flexibility index (Phi) is 7.12. The van der Waals surface area contributed by atoms with Gasteiger partial charge >= 0.3 is 195 Å². The second-order valence-electron chi connectivity index (χ2n) is 9.46. The molecule has 3 aromatic rings. The monoisotopic (exact) mass is 585 g/mol. The molecule has 1 heterocycles. The summed E-state index contributed by atoms with van der Waals surface area (Å²) < 4.78 is 5.96. The first-order chi connectivity index (χ1) is 14.1. The van der Waals surface area contributed by atoms with Crippen molar-refractivity contribution in [2.24, 2.45) is 0 Å². The van der Waals surface area contributed by atoms with E-state index in [0.717, 1.165) is 0 Å². The van der Waals surface area contributed by atoms with Gasteiger partial charge in [-0.2, -0.15) is 0 Å². The molecule has 0 unspecified atom stereocenters. The molecule has 2 aromatic carbocycles. The molecule has 3 rings (SSSR count). The van der Waals surface area contributed by atoms with Gasteiger partial charge in [0.1, 0.15) is 0 Å². The molecule has 0 fully saturated rings. The van der Waals surface area contributed by atoms with Crippen molar-refractivity contribution in [2.75, 3.05) is 0 Å². The summed E-state index contributed by atoms with van der Waals surface area (Å²) >= 11 is 2.77. The number of hydrogen-bond acceptors (Lipinski definition) is 0. The van der Waals surface area contributed by atoms with Crippen molar-refractivity contribution in [1.29, 1.82) is 0 Å². The first-order valence-electron chi connectivity index (χ1n) is 11.2. The van der Waals surface area contributed by atoms with E-state index >= 15 is 0 Å². The molecule has 0 amide bonds. The Morgan fingerprint density at radius 2 is 0.800 bits per heavy atom. The van der Waals surface area contributed by atoms with E-state index in [-0.39, 0.29) is 0 Å². The fourth-order valence-corrected chi connectivity index (χ4v) is 5.06. The molecule has 0 saturated heterocycles. The standard InChI is InChI=1S/C27H36N2.Au/c1-18(2)22-11-9-12-23(19(3)4)26(22)28-15-16-29(17-28)27-24(20(5)6)13-10-14-25(27)21(7)8;/h9-16,18-21H,1-8H3;/q;-1. The Labute approximate surface area is 194 Å². The molecular weight excluding hydrogens is 549 g/mol. The Hall–Kier alpha value is -1.61. The van der Waals surface area contributed by atoms with Crippen molar-refractivity contribution in [1.82, 2.24) is 9.13 Å². The van der Waals surface area contributed by atoms with Gasteiger partial charge in [-0.25, -0.2) is 0 Å². The SMILES string of the molecule is CC(C)c1cccc(C(C)C)c1-n1ccn(-c2c(C(C)C)cccc2C(C)C)[c]1=[Au-]. The summed E-state index contributed by atoms with van der Waals surface area (Å²) in [5, 5.41) is 0. The number of para-hydroxylation sites is 2. The van der Waals surface area contributed by atoms with E-state index in [0.29, 0.717) is 23.7 Å². The molecule has 0 saturated carbocycles. The Bertz CT molecular complexity index is 944. The molecule has 1 aromatic heterocycles. The zero-order valence-corrected chi connectivity index (χ0v) is 21.8. The maximum atomic E-state index is 2.77. The normalized spacial score (nSPS) is 12.1. The predicted molar refractivity (Wildman–Crippen MR) is 125 cm³/mol. The Morgan fingerprint density at radius 1 is 0.533 bits per heavy atom. The van der Waals surface area contributed by atoms with Crippen molar-refractivity contribution >= 4 is 0 Å². The second-order valence-corrected chi connectivity index (χ2v) is 10.4. The van der Waals surface area contributed by atoms with E-state index in [4.69, 9.17) is 0 Å². The van der Waals surface area contributed by atoms with E-state index in [9.17, 15) is 0 Å². The van der Waals surface area contributed by atoms with Crippen LogP contribution < -0.4 is 0 Å². The van der Waals surface area contributed by atoms with Gasteiger partial charge in [0.05, 0.1) is 0 Å². The zero-order valence-electron chi connectivity index (χ0n) is 19.6. The average Bonchev–Trinajstić information content (AvgIpc) is 3.07. The maximum absolute atomic E-state index is 2.77. The number of aromatic nitrogens is 2. The second kappa shape index (κ2) is 9.26. The van der Waals surface area contributed by atoms with Crippen LogP contribution in [0.4, 0.5) is 0 Å². The topological polar surface area (TPSA) is 9.86 Å². The fourth-order valence-electron chi connectivity index (χ4n) is 4.26. The van der Waals surface area contributed by atoms with Crippen LogP contribution in [-0.2, 0) is 20.6 Å². The van der Waals surface area contributed by atoms with E-state index in [1.54, 1.807) is 0 Å². The van der Waals surface area contributed by atoms with E-state index in [2.05, 4.69) is 134 Å². The summed E-state index contributed by atoms with van der Waals surface area (Å²) in [6.45, 7) is 18.3. The molecule has 0 radical (unpaired) electrons. The van der Waals surface area contributed by atoms with Gasteiger partial charge in [0, 0.05) is 0 Å². The van der Waals surface area contributed by atoms with E-state index < -0.39 is 0 Å². The molecule has 0 aliphatic carbocycles. The molecule has 0 atom stereocenters. The molecule has 0 N–H and O–H groups in total. The molecular formula is C27H36AuN2-. The molecule has 3 heteroatoms. The van der Waals surface area contributed by atoms with Gasteiger partial charge in [-0.3, -0.25) is 0 Å². The third-order valence-corrected chi connectivity index (χ3v) is 6.94. The van der Waals surface area contributed by atoms with Gasteiger partial charge in [0.15, 0.2) is 0 Å². The van der Waals surface area contributed by atoms with Gasteiger partial charge in [0.2, 0.25) is 0 Å². The third-order valence-electron chi connectivity index (χ3n) is 5.89. The molecule has 0 spiro atoms. The van der Waals surface area contributed by atoms with Crippen molar-refractivity contribution in [3.05, 3.63) is 74.7 Å². The van der Waals surface area contributed by atoms with E-state index in [1.165, 1.54) is 37.3 Å². The van der Waals surface area contributed by atoms with E-state index in [1.807, 2.05) is 0 Å². The quantitative estimate of drug-likeness (QED) is 0.261. The van der Waals surface area contributed by atoms with Crippen molar-refractivity contribution in [3.8, 4) is 11.4 Å². The summed E-state index contributed by atoms with van der Waals surface area (Å²) in [7, 11) is 0. The van der Waals surface area contributed by atoms with Gasteiger partial charge < -0.3 is 0 Å². The number of imidazole rings is 1. The first-order valence-corrected chi connectivity index (χ1v) is 12.2. The van der Waals surface area contributed by atoms with Crippen LogP contribution in [0.5, 0.6) is 0 Å². The summed E-state index contributed by atoms with van der Waals surface area (Å²) in [6.07, 6.45) is 4.48. The average molecular weight is 586 g/mol. The first kappa shape index (κ1) is 23.1. The number of hydrogen-bond donors (Lipinski definition) is 0. The van der Waals surface area contributed by atoms with Crippen molar-refractivity contribution < 1.29 is 20.6 Å². The Morgan fingerprint density at radius 3 is 1.03 bits per heavy atom. The van der Waals surface area contributed by atoms with Crippen LogP contribution in [0.25, 0.3) is 11.4 Å². The molecule has 0 aliphatic heterocycles. The minimum atomic E-state index is 0.469. The van der Waals surface area contributed by atoms with Crippen LogP contribution in [0, 0.1) is 3.63 Å². The van der Waals surface area contributed by atoms with Crippen LogP contribution in [0.1, 0.15) is 101 Å². The van der Waals surface area contributed by atoms with Gasteiger partial charge in [-0.1, -0.05) is 0 Å². The summed E-state index contributed by atoms with van der Waals surface area (Å²) in [5.41, 5.74) is 8.29. The van der Waals surface area contributed by atoms with Crippen LogP contribution >= 0.6 is 0 Å². The van der Waals surface area contributed by atoms with Crippen molar-refractivity contribution in [2.45, 2.75) is 79.1 Å². The molecule has 166 valence electrons. The molecule has 0 aliphatic rings. The summed E-state index contributed by atoms with van der Waals surface area (Å²) in [6, 6.07) is 13.6. The van der Waals surface area contributed by atoms with Crippen LogP contribution in [0.2, 0.25) is 0 Å². The molecule has 0 bridgehead atoms. The molecule has 30 heavy (non-hydrogen) atoms. The predicted octanol–water partition coefficient (Wildman–Crippen LogP) is 7.84. The van der Waals surface area contributed by atoms with Crippen LogP contribution in [-0.4, -0.2) is 9.13 Å². The number of benzene rings is 2. The number of nitrogens with zero attached hydrogens (tertiary/aromatic N) is 2.